The van der Waals surface area contributed by atoms with Gasteiger partial charge >= 0.3 is 0 Å². The monoisotopic (exact) mass is 242 g/mol. The van der Waals surface area contributed by atoms with Gasteiger partial charge in [0.25, 0.3) is 0 Å². The molecule has 0 atom stereocenters. The van der Waals surface area contributed by atoms with Crippen molar-refractivity contribution in [3.8, 4) is 0 Å². The minimum Gasteiger partial charge on any atom is -0.0901 e. The molecule has 17 heavy (non-hydrogen) atoms. The summed E-state index contributed by atoms with van der Waals surface area (Å²) in [5.41, 5.74) is 2.89. The molecular formula is C16H18S. The van der Waals surface area contributed by atoms with Crippen molar-refractivity contribution in [2.24, 2.45) is 0 Å². The van der Waals surface area contributed by atoms with Crippen LogP contribution in [-0.4, -0.2) is 0 Å². The molecule has 0 saturated heterocycles. The second-order valence-corrected chi connectivity index (χ2v) is 5.40. The van der Waals surface area contributed by atoms with E-state index in [-0.39, 0.29) is 0 Å². The Balaban J connectivity index is 2.19. The van der Waals surface area contributed by atoms with E-state index in [0.717, 1.165) is 0 Å². The van der Waals surface area contributed by atoms with E-state index < -0.39 is 0 Å². The van der Waals surface area contributed by atoms with Crippen LogP contribution in [0.4, 0.5) is 0 Å². The highest BCUT2D eigenvalue weighted by Crippen LogP contribution is 2.29. The quantitative estimate of drug-likeness (QED) is 0.719. The molecule has 2 aromatic rings. The van der Waals surface area contributed by atoms with Crippen LogP contribution in [0.15, 0.2) is 58.3 Å². The van der Waals surface area contributed by atoms with E-state index >= 15 is 0 Å². The standard InChI is InChI=1S/C16H18S/c1-3-7-14-12-16(11-10-13(14)2)17-15-8-5-4-6-9-15/h4-6,8-12H,3,7H2,1-2H3. The molecule has 2 rings (SSSR count). The molecule has 0 aliphatic rings. The van der Waals surface area contributed by atoms with Crippen molar-refractivity contribution in [1.29, 1.82) is 0 Å². The topological polar surface area (TPSA) is 0 Å². The van der Waals surface area contributed by atoms with E-state index in [1.807, 2.05) is 11.8 Å². The van der Waals surface area contributed by atoms with E-state index in [9.17, 15) is 0 Å². The van der Waals surface area contributed by atoms with E-state index in [1.165, 1.54) is 33.8 Å². The van der Waals surface area contributed by atoms with Gasteiger partial charge in [0.05, 0.1) is 0 Å². The molecular weight excluding hydrogens is 224 g/mol. The minimum atomic E-state index is 1.18. The molecule has 0 aromatic heterocycles. The summed E-state index contributed by atoms with van der Waals surface area (Å²) in [4.78, 5) is 2.64. The Morgan fingerprint density at radius 2 is 1.71 bits per heavy atom. The molecule has 88 valence electrons. The van der Waals surface area contributed by atoms with Gasteiger partial charge in [0.2, 0.25) is 0 Å². The number of rotatable bonds is 4. The summed E-state index contributed by atoms with van der Waals surface area (Å²) >= 11 is 1.84. The second kappa shape index (κ2) is 5.92. The highest BCUT2D eigenvalue weighted by atomic mass is 32.2. The SMILES string of the molecule is CCCc1cc(Sc2ccccc2)ccc1C. The average molecular weight is 242 g/mol. The van der Waals surface area contributed by atoms with Gasteiger partial charge in [-0.1, -0.05) is 49.4 Å². The van der Waals surface area contributed by atoms with Crippen LogP contribution in [0.5, 0.6) is 0 Å². The van der Waals surface area contributed by atoms with Crippen molar-refractivity contribution < 1.29 is 0 Å². The largest absolute Gasteiger partial charge is 0.0901 e. The number of benzene rings is 2. The van der Waals surface area contributed by atoms with Crippen LogP contribution in [0.25, 0.3) is 0 Å². The van der Waals surface area contributed by atoms with Crippen LogP contribution in [0.1, 0.15) is 24.5 Å². The first-order valence-corrected chi connectivity index (χ1v) is 6.93. The van der Waals surface area contributed by atoms with Gasteiger partial charge in [-0.15, -0.1) is 0 Å². The zero-order valence-corrected chi connectivity index (χ0v) is 11.3. The van der Waals surface area contributed by atoms with E-state index in [4.69, 9.17) is 0 Å². The molecule has 0 saturated carbocycles. The van der Waals surface area contributed by atoms with Gasteiger partial charge in [0.1, 0.15) is 0 Å². The van der Waals surface area contributed by atoms with Crippen molar-refractivity contribution in [2.75, 3.05) is 0 Å². The lowest BCUT2D eigenvalue weighted by Crippen LogP contribution is -1.88. The van der Waals surface area contributed by atoms with Crippen molar-refractivity contribution >= 4 is 11.8 Å². The highest BCUT2D eigenvalue weighted by Gasteiger charge is 2.01. The Kier molecular flexibility index (Phi) is 4.27. The molecule has 0 fully saturated rings. The number of aryl methyl sites for hydroxylation is 2. The maximum atomic E-state index is 2.33. The number of hydrogen-bond acceptors (Lipinski definition) is 1. The first kappa shape index (κ1) is 12.3. The lowest BCUT2D eigenvalue weighted by Gasteiger charge is -2.07. The van der Waals surface area contributed by atoms with Crippen LogP contribution >= 0.6 is 11.8 Å². The summed E-state index contributed by atoms with van der Waals surface area (Å²) in [5.74, 6) is 0. The molecule has 0 heterocycles. The third-order valence-corrected chi connectivity index (χ3v) is 3.82. The lowest BCUT2D eigenvalue weighted by atomic mass is 10.0. The van der Waals surface area contributed by atoms with Crippen molar-refractivity contribution in [1.82, 2.24) is 0 Å². The van der Waals surface area contributed by atoms with Gasteiger partial charge in [-0.05, 0) is 48.7 Å². The van der Waals surface area contributed by atoms with E-state index in [1.54, 1.807) is 0 Å². The summed E-state index contributed by atoms with van der Waals surface area (Å²) < 4.78 is 0. The van der Waals surface area contributed by atoms with Crippen molar-refractivity contribution in [3.05, 3.63) is 59.7 Å². The van der Waals surface area contributed by atoms with Crippen LogP contribution in [-0.2, 0) is 6.42 Å². The smallest absolute Gasteiger partial charge is 0.0125 e. The van der Waals surface area contributed by atoms with Gasteiger partial charge in [0, 0.05) is 9.79 Å². The predicted octanol–water partition coefficient (Wildman–Crippen LogP) is 5.10. The van der Waals surface area contributed by atoms with E-state index in [2.05, 4.69) is 62.4 Å². The number of hydrogen-bond donors (Lipinski definition) is 0. The molecule has 0 nitrogen and oxygen atoms in total. The highest BCUT2D eigenvalue weighted by molar-refractivity contribution is 7.99. The molecule has 0 bridgehead atoms. The predicted molar refractivity (Wildman–Crippen MR) is 75.7 cm³/mol. The third kappa shape index (κ3) is 3.37. The maximum absolute atomic E-state index is 2.33. The second-order valence-electron chi connectivity index (χ2n) is 4.25. The Hall–Kier alpha value is -1.21. The fourth-order valence-corrected chi connectivity index (χ4v) is 2.78. The van der Waals surface area contributed by atoms with Gasteiger partial charge in [-0.3, -0.25) is 0 Å². The third-order valence-electron chi connectivity index (χ3n) is 2.82. The molecule has 0 N–H and O–H groups in total. The van der Waals surface area contributed by atoms with Gasteiger partial charge in [0.15, 0.2) is 0 Å². The van der Waals surface area contributed by atoms with Crippen LogP contribution in [0.3, 0.4) is 0 Å². The molecule has 0 unspecified atom stereocenters. The van der Waals surface area contributed by atoms with Gasteiger partial charge < -0.3 is 0 Å². The maximum Gasteiger partial charge on any atom is 0.0125 e. The molecule has 0 aliphatic carbocycles. The van der Waals surface area contributed by atoms with Crippen LogP contribution < -0.4 is 0 Å². The molecule has 0 amide bonds. The fraction of sp³-hybridized carbons (Fsp3) is 0.250. The normalized spacial score (nSPS) is 10.5. The first-order valence-electron chi connectivity index (χ1n) is 6.12. The lowest BCUT2D eigenvalue weighted by molar-refractivity contribution is 0.908. The summed E-state index contributed by atoms with van der Waals surface area (Å²) in [6, 6.07) is 17.3. The summed E-state index contributed by atoms with van der Waals surface area (Å²) in [6.45, 7) is 4.43. The summed E-state index contributed by atoms with van der Waals surface area (Å²) in [7, 11) is 0. The molecule has 2 aromatic carbocycles. The van der Waals surface area contributed by atoms with Crippen molar-refractivity contribution in [2.45, 2.75) is 36.5 Å². The minimum absolute atomic E-state index is 1.18. The van der Waals surface area contributed by atoms with Crippen LogP contribution in [0, 0.1) is 6.92 Å². The van der Waals surface area contributed by atoms with Gasteiger partial charge in [-0.2, -0.15) is 0 Å². The van der Waals surface area contributed by atoms with Crippen LogP contribution in [0.2, 0.25) is 0 Å². The Morgan fingerprint density at radius 1 is 0.941 bits per heavy atom. The van der Waals surface area contributed by atoms with Crippen molar-refractivity contribution in [3.63, 3.8) is 0 Å². The van der Waals surface area contributed by atoms with Gasteiger partial charge in [-0.25, -0.2) is 0 Å². The molecule has 0 aliphatic heterocycles. The molecule has 1 heteroatoms. The fourth-order valence-electron chi connectivity index (χ4n) is 1.87. The first-order chi connectivity index (χ1) is 8.29. The Morgan fingerprint density at radius 3 is 2.41 bits per heavy atom. The average Bonchev–Trinajstić information content (AvgIpc) is 2.35. The summed E-state index contributed by atoms with van der Waals surface area (Å²) in [6.07, 6.45) is 2.38. The Labute approximate surface area is 108 Å². The Bertz CT molecular complexity index is 474. The zero-order chi connectivity index (χ0) is 12.1. The zero-order valence-electron chi connectivity index (χ0n) is 10.4. The summed E-state index contributed by atoms with van der Waals surface area (Å²) in [5, 5.41) is 0. The molecule has 0 spiro atoms. The van der Waals surface area contributed by atoms with E-state index in [0.29, 0.717) is 0 Å². The molecule has 0 radical (unpaired) electrons.